The molecule has 0 aromatic carbocycles. The van der Waals surface area contributed by atoms with E-state index in [4.69, 9.17) is 9.47 Å². The van der Waals surface area contributed by atoms with Crippen LogP contribution in [0.2, 0.25) is 0 Å². The molecule has 170 valence electrons. The van der Waals surface area contributed by atoms with Gasteiger partial charge in [0.05, 0.1) is 0 Å². The molecule has 0 radical (unpaired) electrons. The molecule has 0 N–H and O–H groups in total. The summed E-state index contributed by atoms with van der Waals surface area (Å²) in [5.74, 6) is 0.192. The average Bonchev–Trinajstić information content (AvgIpc) is 2.70. The van der Waals surface area contributed by atoms with Gasteiger partial charge in [0.15, 0.2) is 5.79 Å². The molecule has 0 aliphatic heterocycles. The van der Waals surface area contributed by atoms with E-state index in [1.807, 2.05) is 0 Å². The summed E-state index contributed by atoms with van der Waals surface area (Å²) in [5, 5.41) is 0. The van der Waals surface area contributed by atoms with Gasteiger partial charge < -0.3 is 9.47 Å². The van der Waals surface area contributed by atoms with E-state index in [0.717, 1.165) is 19.6 Å². The molecule has 0 aromatic heterocycles. The Morgan fingerprint density at radius 2 is 0.857 bits per heavy atom. The zero-order chi connectivity index (χ0) is 20.9. The van der Waals surface area contributed by atoms with Crippen LogP contribution in [0, 0.1) is 5.92 Å². The van der Waals surface area contributed by atoms with Crippen LogP contribution in [0.3, 0.4) is 0 Å². The van der Waals surface area contributed by atoms with Crippen molar-refractivity contribution < 1.29 is 9.47 Å². The Bertz CT molecular complexity index is 297. The molecular weight excluding hydrogens is 344 g/mol. The van der Waals surface area contributed by atoms with Crippen molar-refractivity contribution in [3.63, 3.8) is 0 Å². The lowest BCUT2D eigenvalue weighted by Crippen LogP contribution is -2.43. The van der Waals surface area contributed by atoms with Crippen LogP contribution in [0.1, 0.15) is 144 Å². The minimum atomic E-state index is -0.353. The zero-order valence-corrected chi connectivity index (χ0v) is 20.3. The van der Waals surface area contributed by atoms with Crippen molar-refractivity contribution in [2.75, 3.05) is 13.2 Å². The van der Waals surface area contributed by atoms with Crippen molar-refractivity contribution >= 4 is 0 Å². The topological polar surface area (TPSA) is 18.5 Å². The largest absolute Gasteiger partial charge is 0.350 e. The zero-order valence-electron chi connectivity index (χ0n) is 20.3. The third kappa shape index (κ3) is 13.2. The van der Waals surface area contributed by atoms with E-state index in [0.29, 0.717) is 5.92 Å². The molecule has 28 heavy (non-hydrogen) atoms. The first kappa shape index (κ1) is 27.9. The first-order chi connectivity index (χ1) is 13.7. The highest BCUT2D eigenvalue weighted by Gasteiger charge is 2.38. The predicted molar refractivity (Wildman–Crippen MR) is 125 cm³/mol. The molecule has 0 bridgehead atoms. The fourth-order valence-electron chi connectivity index (χ4n) is 4.54. The van der Waals surface area contributed by atoms with Crippen LogP contribution in [0.15, 0.2) is 0 Å². The third-order valence-corrected chi connectivity index (χ3v) is 6.20. The lowest BCUT2D eigenvalue weighted by Gasteiger charge is -2.40. The van der Waals surface area contributed by atoms with Crippen molar-refractivity contribution in [2.24, 2.45) is 5.92 Å². The van der Waals surface area contributed by atoms with Crippen LogP contribution >= 0.6 is 0 Å². The summed E-state index contributed by atoms with van der Waals surface area (Å²) >= 11 is 0. The molecule has 0 saturated carbocycles. The van der Waals surface area contributed by atoms with Crippen molar-refractivity contribution in [2.45, 2.75) is 150 Å². The van der Waals surface area contributed by atoms with Crippen molar-refractivity contribution in [1.82, 2.24) is 0 Å². The molecule has 0 rings (SSSR count). The van der Waals surface area contributed by atoms with Gasteiger partial charge in [0, 0.05) is 19.1 Å². The van der Waals surface area contributed by atoms with E-state index in [1.54, 1.807) is 0 Å². The summed E-state index contributed by atoms with van der Waals surface area (Å²) in [6, 6.07) is 0. The van der Waals surface area contributed by atoms with Gasteiger partial charge in [0.1, 0.15) is 0 Å². The number of hydrogen-bond acceptors (Lipinski definition) is 2. The Balaban J connectivity index is 4.48. The number of hydrogen-bond donors (Lipinski definition) is 0. The van der Waals surface area contributed by atoms with Crippen molar-refractivity contribution in [3.05, 3.63) is 0 Å². The number of ether oxygens (including phenoxy) is 2. The maximum atomic E-state index is 6.28. The molecule has 2 nitrogen and oxygen atoms in total. The van der Waals surface area contributed by atoms with Crippen LogP contribution in [-0.2, 0) is 9.47 Å². The minimum Gasteiger partial charge on any atom is -0.350 e. The second-order valence-corrected chi connectivity index (χ2v) is 8.55. The molecular formula is C26H54O2. The highest BCUT2D eigenvalue weighted by Crippen LogP contribution is 2.36. The maximum Gasteiger partial charge on any atom is 0.170 e. The normalized spacial score (nSPS) is 13.2. The van der Waals surface area contributed by atoms with Gasteiger partial charge in [0.2, 0.25) is 0 Å². The Morgan fingerprint density at radius 3 is 1.18 bits per heavy atom. The predicted octanol–water partition coefficient (Wildman–Crippen LogP) is 9.06. The molecule has 1 atom stereocenters. The second-order valence-electron chi connectivity index (χ2n) is 8.55. The lowest BCUT2D eigenvalue weighted by molar-refractivity contribution is -0.268. The second kappa shape index (κ2) is 20.2. The molecule has 0 aliphatic carbocycles. The van der Waals surface area contributed by atoms with E-state index in [-0.39, 0.29) is 5.79 Å². The molecule has 0 heterocycles. The first-order valence-electron chi connectivity index (χ1n) is 13.0. The summed E-state index contributed by atoms with van der Waals surface area (Å²) in [6.45, 7) is 12.5. The molecule has 0 amide bonds. The monoisotopic (exact) mass is 398 g/mol. The van der Waals surface area contributed by atoms with Gasteiger partial charge in [-0.25, -0.2) is 0 Å². The van der Waals surface area contributed by atoms with E-state index >= 15 is 0 Å². The number of rotatable bonds is 22. The van der Waals surface area contributed by atoms with Crippen molar-refractivity contribution in [1.29, 1.82) is 0 Å². The summed E-state index contributed by atoms with van der Waals surface area (Å²) < 4.78 is 12.6. The Kier molecular flexibility index (Phi) is 20.1. The summed E-state index contributed by atoms with van der Waals surface area (Å²) in [7, 11) is 0. The van der Waals surface area contributed by atoms with E-state index < -0.39 is 0 Å². The van der Waals surface area contributed by atoms with Gasteiger partial charge in [-0.15, -0.1) is 0 Å². The van der Waals surface area contributed by atoms with E-state index in [2.05, 4.69) is 34.6 Å². The molecule has 0 aliphatic rings. The Morgan fingerprint density at radius 1 is 0.500 bits per heavy atom. The summed E-state index contributed by atoms with van der Waals surface area (Å²) in [6.07, 6.45) is 22.8. The summed E-state index contributed by atoms with van der Waals surface area (Å²) in [4.78, 5) is 0. The molecule has 1 unspecified atom stereocenters. The molecule has 0 saturated heterocycles. The van der Waals surface area contributed by atoms with Gasteiger partial charge >= 0.3 is 0 Å². The van der Waals surface area contributed by atoms with Crippen LogP contribution in [0.25, 0.3) is 0 Å². The fourth-order valence-corrected chi connectivity index (χ4v) is 4.54. The molecule has 0 spiro atoms. The van der Waals surface area contributed by atoms with E-state index in [9.17, 15) is 0 Å². The van der Waals surface area contributed by atoms with Gasteiger partial charge in [-0.2, -0.15) is 0 Å². The smallest absolute Gasteiger partial charge is 0.170 e. The Hall–Kier alpha value is -0.0800. The first-order valence-corrected chi connectivity index (χ1v) is 13.0. The standard InChI is InChI=1S/C26H54O2/c1-6-11-13-15-17-18-20-22-24-25(23-21-19-16-14-12-7-2)26(8-3,27-9-4)28-10-5/h25H,6-24H2,1-5H3. The van der Waals surface area contributed by atoms with Crippen molar-refractivity contribution in [3.8, 4) is 0 Å². The summed E-state index contributed by atoms with van der Waals surface area (Å²) in [5.41, 5.74) is 0. The maximum absolute atomic E-state index is 6.28. The van der Waals surface area contributed by atoms with Crippen LogP contribution in [0.4, 0.5) is 0 Å². The van der Waals surface area contributed by atoms with E-state index in [1.165, 1.54) is 103 Å². The average molecular weight is 399 g/mol. The minimum absolute atomic E-state index is 0.353. The SMILES string of the molecule is CCCCCCCCCCC(CCCCCCCC)C(CC)(OCC)OCC. The molecule has 0 aromatic rings. The molecule has 0 fully saturated rings. The lowest BCUT2D eigenvalue weighted by atomic mass is 9.85. The number of unbranched alkanes of at least 4 members (excludes halogenated alkanes) is 12. The van der Waals surface area contributed by atoms with Crippen LogP contribution in [-0.4, -0.2) is 19.0 Å². The quantitative estimate of drug-likeness (QED) is 0.134. The van der Waals surface area contributed by atoms with Crippen LogP contribution in [0.5, 0.6) is 0 Å². The third-order valence-electron chi connectivity index (χ3n) is 6.20. The highest BCUT2D eigenvalue weighted by atomic mass is 16.7. The highest BCUT2D eigenvalue weighted by molar-refractivity contribution is 4.79. The van der Waals surface area contributed by atoms with Gasteiger partial charge in [-0.1, -0.05) is 111 Å². The van der Waals surface area contributed by atoms with Gasteiger partial charge in [0.25, 0.3) is 0 Å². The van der Waals surface area contributed by atoms with Crippen LogP contribution < -0.4 is 0 Å². The van der Waals surface area contributed by atoms with Gasteiger partial charge in [-0.3, -0.25) is 0 Å². The molecule has 2 heteroatoms. The van der Waals surface area contributed by atoms with Gasteiger partial charge in [-0.05, 0) is 33.1 Å². The fraction of sp³-hybridized carbons (Fsp3) is 1.00. The Labute approximate surface area is 178 Å².